The molecule has 0 saturated heterocycles. The van der Waals surface area contributed by atoms with Crippen molar-refractivity contribution in [2.45, 2.75) is 9.79 Å². The van der Waals surface area contributed by atoms with Gasteiger partial charge in [0.1, 0.15) is 26.5 Å². The third-order valence-electron chi connectivity index (χ3n) is 6.65. The molecule has 244 valence electrons. The standard InChI is InChI=1S/2C16H11ClN2O4S.Ba/c2*17-13-7-6-11(9-15(13)24(21,22)23)18-19-16-12-4-2-1-3-10(12)5-8-14(16)20;/h2*1-9,20H,(H,21,22,23);/q;;+2/p-2. The van der Waals surface area contributed by atoms with Gasteiger partial charge in [0.2, 0.25) is 0 Å². The molecule has 0 atom stereocenters. The predicted molar refractivity (Wildman–Crippen MR) is 184 cm³/mol. The van der Waals surface area contributed by atoms with E-state index >= 15 is 0 Å². The fraction of sp³-hybridized carbons (Fsp3) is 0. The summed E-state index contributed by atoms with van der Waals surface area (Å²) in [6, 6.07) is 28.3. The maximum atomic E-state index is 12.0. The van der Waals surface area contributed by atoms with Crippen molar-refractivity contribution in [1.29, 1.82) is 0 Å². The van der Waals surface area contributed by atoms with E-state index in [-0.39, 0.29) is 93.2 Å². The first kappa shape index (κ1) is 38.4. The average molecular weight is 861 g/mol. The zero-order valence-electron chi connectivity index (χ0n) is 24.8. The fourth-order valence-electron chi connectivity index (χ4n) is 4.40. The maximum absolute atomic E-state index is 12.0. The van der Waals surface area contributed by atoms with E-state index in [0.717, 1.165) is 22.9 Å². The van der Waals surface area contributed by atoms with Crippen LogP contribution in [-0.4, -0.2) is 79.9 Å². The summed E-state index contributed by atoms with van der Waals surface area (Å²) in [5.41, 5.74) is 0.659. The number of aromatic hydroxyl groups is 1. The van der Waals surface area contributed by atoms with E-state index in [1.54, 1.807) is 36.4 Å². The third kappa shape index (κ3) is 9.44. The molecule has 0 unspecified atom stereocenters. The fourth-order valence-corrected chi connectivity index (χ4v) is 6.37. The molecule has 0 aliphatic carbocycles. The van der Waals surface area contributed by atoms with Gasteiger partial charge in [-0.25, -0.2) is 8.42 Å². The Labute approximate surface area is 330 Å². The smallest absolute Gasteiger partial charge is 0.871 e. The van der Waals surface area contributed by atoms with E-state index in [1.807, 2.05) is 24.3 Å². The van der Waals surface area contributed by atoms with E-state index in [2.05, 4.69) is 20.5 Å². The summed E-state index contributed by atoms with van der Waals surface area (Å²) < 4.78 is 65.1. The molecule has 12 nitrogen and oxygen atoms in total. The van der Waals surface area contributed by atoms with Crippen LogP contribution < -0.4 is 5.11 Å². The topological polar surface area (TPSA) is 204 Å². The van der Waals surface area contributed by atoms with Crippen molar-refractivity contribution >= 4 is 137 Å². The zero-order chi connectivity index (χ0) is 34.6. The van der Waals surface area contributed by atoms with E-state index in [1.165, 1.54) is 36.4 Å². The van der Waals surface area contributed by atoms with Crippen molar-refractivity contribution in [3.8, 4) is 11.5 Å². The monoisotopic (exact) mass is 860 g/mol. The van der Waals surface area contributed by atoms with Gasteiger partial charge in [0.15, 0.2) is 0 Å². The molecular weight excluding hydrogens is 841 g/mol. The van der Waals surface area contributed by atoms with Crippen LogP contribution in [0.1, 0.15) is 0 Å². The summed E-state index contributed by atoms with van der Waals surface area (Å²) in [5.74, 6) is -0.371. The molecule has 0 aliphatic rings. The van der Waals surface area contributed by atoms with Gasteiger partial charge < -0.3 is 14.8 Å². The molecule has 0 fully saturated rings. The molecule has 0 spiro atoms. The van der Waals surface area contributed by atoms with Crippen LogP contribution in [0, 0.1) is 0 Å². The Hall–Kier alpha value is -3.39. The van der Waals surface area contributed by atoms with Crippen molar-refractivity contribution in [3.63, 3.8) is 0 Å². The molecule has 0 heterocycles. The van der Waals surface area contributed by atoms with Crippen LogP contribution in [-0.2, 0) is 20.2 Å². The summed E-state index contributed by atoms with van der Waals surface area (Å²) >= 11 is 11.4. The summed E-state index contributed by atoms with van der Waals surface area (Å²) in [6.45, 7) is 0. The molecule has 6 aromatic carbocycles. The van der Waals surface area contributed by atoms with Crippen molar-refractivity contribution in [3.05, 3.63) is 119 Å². The van der Waals surface area contributed by atoms with Crippen LogP contribution in [0.4, 0.5) is 22.7 Å². The zero-order valence-corrected chi connectivity index (χ0v) is 32.4. The van der Waals surface area contributed by atoms with E-state index < -0.39 is 30.0 Å². The Kier molecular flexibility index (Phi) is 12.6. The van der Waals surface area contributed by atoms with E-state index in [4.69, 9.17) is 27.8 Å². The normalized spacial score (nSPS) is 11.8. The summed E-state index contributed by atoms with van der Waals surface area (Å²) in [5, 5.41) is 40.5. The van der Waals surface area contributed by atoms with Gasteiger partial charge in [-0.3, -0.25) is 4.55 Å². The molecule has 6 aromatic rings. The van der Waals surface area contributed by atoms with Crippen molar-refractivity contribution in [2.75, 3.05) is 0 Å². The minimum Gasteiger partial charge on any atom is -0.871 e. The number of phenols is 1. The quantitative estimate of drug-likeness (QED) is 0.0944. The van der Waals surface area contributed by atoms with Crippen molar-refractivity contribution in [1.82, 2.24) is 0 Å². The molecule has 6 rings (SSSR count). The first-order valence-corrected chi connectivity index (χ1v) is 17.1. The molecular formula is C32H20BaCl2N4O8S2. The first-order chi connectivity index (χ1) is 22.7. The van der Waals surface area contributed by atoms with Gasteiger partial charge in [-0.05, 0) is 53.2 Å². The van der Waals surface area contributed by atoms with Crippen LogP contribution in [0.2, 0.25) is 10.0 Å². The van der Waals surface area contributed by atoms with Crippen molar-refractivity contribution in [2.24, 2.45) is 20.5 Å². The SMILES string of the molecule is O=S(=O)(O)c1cc(N=Nc2c(O)ccc3ccccc23)ccc1Cl.O=S(=O)([O-])c1cc(N=Nc2c([O-])ccc3ccccc23)ccc1Cl.[Ba+2]. The molecule has 0 saturated carbocycles. The molecule has 0 radical (unpaired) electrons. The van der Waals surface area contributed by atoms with Gasteiger partial charge in [0, 0.05) is 10.8 Å². The second kappa shape index (κ2) is 16.1. The van der Waals surface area contributed by atoms with E-state index in [0.29, 0.717) is 10.8 Å². The van der Waals surface area contributed by atoms with Gasteiger partial charge in [-0.1, -0.05) is 95.7 Å². The Morgan fingerprint density at radius 2 is 1.06 bits per heavy atom. The van der Waals surface area contributed by atoms with Crippen molar-refractivity contribution < 1.29 is 36.2 Å². The number of halogens is 2. The van der Waals surface area contributed by atoms with Gasteiger partial charge in [0.25, 0.3) is 10.1 Å². The number of nitrogens with zero attached hydrogens (tertiary/aromatic N) is 4. The Balaban J connectivity index is 0.000000216. The van der Waals surface area contributed by atoms with Crippen LogP contribution in [0.25, 0.3) is 21.5 Å². The minimum absolute atomic E-state index is 0. The minimum atomic E-state index is -4.73. The molecule has 0 amide bonds. The van der Waals surface area contributed by atoms with Gasteiger partial charge in [-0.2, -0.15) is 23.8 Å². The average Bonchev–Trinajstić information content (AvgIpc) is 3.04. The maximum Gasteiger partial charge on any atom is 2.00 e. The molecule has 49 heavy (non-hydrogen) atoms. The number of hydrogen-bond donors (Lipinski definition) is 2. The molecule has 0 bridgehead atoms. The largest absolute Gasteiger partial charge is 2.00 e. The van der Waals surface area contributed by atoms with Crippen LogP contribution >= 0.6 is 23.2 Å². The summed E-state index contributed by atoms with van der Waals surface area (Å²) in [7, 11) is -9.19. The molecule has 0 aliphatic heterocycles. The van der Waals surface area contributed by atoms with E-state index in [9.17, 15) is 31.6 Å². The summed E-state index contributed by atoms with van der Waals surface area (Å²) in [4.78, 5) is -1.04. The third-order valence-corrected chi connectivity index (χ3v) is 9.30. The van der Waals surface area contributed by atoms with Gasteiger partial charge >= 0.3 is 48.9 Å². The second-order valence-corrected chi connectivity index (χ2v) is 13.4. The number of benzene rings is 6. The van der Waals surface area contributed by atoms with Gasteiger partial charge in [-0.15, -0.1) is 5.11 Å². The number of phenolic OH excluding ortho intramolecular Hbond substituents is 1. The van der Waals surface area contributed by atoms with Crippen LogP contribution in [0.3, 0.4) is 0 Å². The first-order valence-electron chi connectivity index (χ1n) is 13.5. The number of rotatable bonds is 6. The van der Waals surface area contributed by atoms with Crippen LogP contribution in [0.15, 0.2) is 139 Å². The molecule has 17 heteroatoms. The Morgan fingerprint density at radius 1 is 0.592 bits per heavy atom. The Bertz CT molecular complexity index is 2310. The molecule has 0 aromatic heterocycles. The number of azo groups is 2. The second-order valence-electron chi connectivity index (χ2n) is 9.85. The predicted octanol–water partition coefficient (Wildman–Crippen LogP) is 8.37. The number of hydrogen-bond acceptors (Lipinski definition) is 11. The Morgan fingerprint density at radius 3 is 1.61 bits per heavy atom. The molecule has 2 N–H and O–H groups in total. The number of fused-ring (bicyclic) bond motifs is 2. The summed E-state index contributed by atoms with van der Waals surface area (Å²) in [6.07, 6.45) is 0. The van der Waals surface area contributed by atoms with Crippen LogP contribution in [0.5, 0.6) is 11.5 Å². The van der Waals surface area contributed by atoms with Gasteiger partial charge in [0.05, 0.1) is 32.0 Å².